The average molecular weight is 806 g/mol. The van der Waals surface area contributed by atoms with Gasteiger partial charge >= 0.3 is 12.1 Å². The number of nitrogens with zero attached hydrogens (tertiary/aromatic N) is 2. The Morgan fingerprint density at radius 2 is 1.68 bits per heavy atom. The zero-order valence-electron chi connectivity index (χ0n) is 31.4. The summed E-state index contributed by atoms with van der Waals surface area (Å²) in [6.07, 6.45) is -6.38. The van der Waals surface area contributed by atoms with Crippen molar-refractivity contribution in [2.45, 2.75) is 77.2 Å². The molecule has 3 aromatic carbocycles. The van der Waals surface area contributed by atoms with Crippen LogP contribution in [0.15, 0.2) is 65.6 Å². The maximum absolute atomic E-state index is 16.1. The molecule has 5 rings (SSSR count). The molecule has 0 bridgehead atoms. The molecule has 2 heterocycles. The molecule has 2 atom stereocenters. The third-order valence-electron chi connectivity index (χ3n) is 10.0. The quantitative estimate of drug-likeness (QED) is 0.0959. The third-order valence-corrected chi connectivity index (χ3v) is 10.0. The number of alkyl halides is 5. The van der Waals surface area contributed by atoms with Crippen molar-refractivity contribution in [2.75, 3.05) is 26.2 Å². The number of piperidine rings is 1. The highest BCUT2D eigenvalue weighted by atomic mass is 19.4. The summed E-state index contributed by atoms with van der Waals surface area (Å²) in [6, 6.07) is 7.18. The van der Waals surface area contributed by atoms with Gasteiger partial charge < -0.3 is 25.2 Å². The van der Waals surface area contributed by atoms with E-state index in [1.807, 2.05) is 0 Å². The van der Waals surface area contributed by atoms with Crippen molar-refractivity contribution >= 4 is 11.9 Å². The van der Waals surface area contributed by atoms with Gasteiger partial charge in [-0.3, -0.25) is 19.0 Å². The smallest absolute Gasteiger partial charge is 0.416 e. The van der Waals surface area contributed by atoms with Gasteiger partial charge in [-0.15, -0.1) is 0 Å². The molecule has 1 fully saturated rings. The number of aliphatic hydroxyl groups excluding tert-OH is 1. The van der Waals surface area contributed by atoms with Crippen molar-refractivity contribution in [1.82, 2.24) is 14.8 Å². The van der Waals surface area contributed by atoms with Crippen LogP contribution >= 0.6 is 0 Å². The number of benzene rings is 3. The number of carbonyl (C=O) groups is 2. The summed E-state index contributed by atoms with van der Waals surface area (Å²) >= 11 is 0. The van der Waals surface area contributed by atoms with Gasteiger partial charge in [-0.2, -0.15) is 13.2 Å². The molecule has 1 aliphatic heterocycles. The molecule has 1 amide bonds. The van der Waals surface area contributed by atoms with Crippen molar-refractivity contribution in [3.8, 4) is 16.9 Å². The third kappa shape index (κ3) is 10.0. The maximum Gasteiger partial charge on any atom is 0.416 e. The molecule has 1 aliphatic rings. The monoisotopic (exact) mass is 805 g/mol. The van der Waals surface area contributed by atoms with Gasteiger partial charge in [0.1, 0.15) is 23.4 Å². The summed E-state index contributed by atoms with van der Waals surface area (Å²) in [7, 11) is 0. The highest BCUT2D eigenvalue weighted by Gasteiger charge is 2.38. The number of phenols is 1. The van der Waals surface area contributed by atoms with E-state index in [0.717, 1.165) is 18.3 Å². The minimum Gasteiger partial charge on any atom is -0.507 e. The van der Waals surface area contributed by atoms with Crippen LogP contribution in [0.3, 0.4) is 0 Å². The molecule has 4 aromatic rings. The second-order valence-corrected chi connectivity index (χ2v) is 14.1. The first-order valence-corrected chi connectivity index (χ1v) is 18.2. The van der Waals surface area contributed by atoms with E-state index in [1.54, 1.807) is 24.0 Å². The number of esters is 1. The van der Waals surface area contributed by atoms with Gasteiger partial charge in [-0.05, 0) is 85.3 Å². The summed E-state index contributed by atoms with van der Waals surface area (Å²) in [5.41, 5.74) is -2.66. The Morgan fingerprint density at radius 1 is 0.982 bits per heavy atom. The summed E-state index contributed by atoms with van der Waals surface area (Å²) in [5, 5.41) is 23.1. The number of amides is 1. The normalized spacial score (nSPS) is 15.6. The van der Waals surface area contributed by atoms with E-state index in [0.29, 0.717) is 21.3 Å². The number of nitrogens with one attached hydrogen (secondary N) is 1. The largest absolute Gasteiger partial charge is 0.507 e. The molecule has 0 radical (unpaired) electrons. The number of hydrogen-bond donors (Lipinski definition) is 3. The minimum absolute atomic E-state index is 0.0486. The number of aromatic nitrogens is 1. The summed E-state index contributed by atoms with van der Waals surface area (Å²) in [6.45, 7) is 3.57. The van der Waals surface area contributed by atoms with Crippen molar-refractivity contribution in [3.05, 3.63) is 122 Å². The number of aromatic hydroxyl groups is 1. The molecule has 306 valence electrons. The van der Waals surface area contributed by atoms with Crippen LogP contribution in [-0.2, 0) is 33.5 Å². The summed E-state index contributed by atoms with van der Waals surface area (Å²) in [4.78, 5) is 42.7. The molecule has 3 N–H and O–H groups in total. The van der Waals surface area contributed by atoms with Gasteiger partial charge in [0.05, 0.1) is 31.2 Å². The maximum atomic E-state index is 16.1. The fourth-order valence-electron chi connectivity index (χ4n) is 7.06. The second kappa shape index (κ2) is 17.5. The fraction of sp³-hybridized carbons (Fsp3) is 0.390. The fourth-order valence-corrected chi connectivity index (χ4v) is 7.06. The number of hydrogen-bond acceptors (Lipinski definition) is 7. The molecule has 1 saturated heterocycles. The Bertz CT molecular complexity index is 2160. The van der Waals surface area contributed by atoms with Gasteiger partial charge in [0, 0.05) is 61.4 Å². The van der Waals surface area contributed by atoms with Crippen molar-refractivity contribution < 1.29 is 55.3 Å². The van der Waals surface area contributed by atoms with Crippen LogP contribution in [-0.4, -0.2) is 63.7 Å². The Morgan fingerprint density at radius 3 is 2.32 bits per heavy atom. The SMILES string of the molecule is CCOC(=O)C[C@H](NC(=O)C(c1cc(CO)ccc1F)n1cc(CCN2CCC(F)(F)CC2)c(C(F)(F)F)cc1=O)c1cc(-c2c(C)cccc2O)cc(C)c1F. The molecular weight excluding hydrogens is 763 g/mol. The van der Waals surface area contributed by atoms with Gasteiger partial charge in [0.25, 0.3) is 11.5 Å². The Balaban J connectivity index is 1.65. The lowest BCUT2D eigenvalue weighted by molar-refractivity contribution is -0.144. The van der Waals surface area contributed by atoms with Crippen LogP contribution in [0.1, 0.15) is 77.2 Å². The van der Waals surface area contributed by atoms with Crippen molar-refractivity contribution in [3.63, 3.8) is 0 Å². The lowest BCUT2D eigenvalue weighted by Gasteiger charge is -2.32. The van der Waals surface area contributed by atoms with E-state index in [2.05, 4.69) is 5.32 Å². The number of halogens is 7. The van der Waals surface area contributed by atoms with Crippen LogP contribution in [0, 0.1) is 25.5 Å². The van der Waals surface area contributed by atoms with Gasteiger partial charge in [-0.1, -0.05) is 18.2 Å². The van der Waals surface area contributed by atoms with E-state index in [9.17, 15) is 46.5 Å². The van der Waals surface area contributed by atoms with Gasteiger partial charge in [0.2, 0.25) is 5.91 Å². The molecule has 57 heavy (non-hydrogen) atoms. The van der Waals surface area contributed by atoms with Crippen molar-refractivity contribution in [1.29, 1.82) is 0 Å². The minimum atomic E-state index is -5.06. The first kappa shape index (κ1) is 42.9. The number of aliphatic hydroxyl groups is 1. The number of pyridine rings is 1. The van der Waals surface area contributed by atoms with Crippen LogP contribution in [0.25, 0.3) is 11.1 Å². The molecule has 0 spiro atoms. The number of aryl methyl sites for hydroxylation is 2. The summed E-state index contributed by atoms with van der Waals surface area (Å²) < 4.78 is 108. The number of ether oxygens (including phenoxy) is 1. The predicted octanol–water partition coefficient (Wildman–Crippen LogP) is 7.30. The van der Waals surface area contributed by atoms with Crippen molar-refractivity contribution in [2.24, 2.45) is 0 Å². The predicted molar refractivity (Wildman–Crippen MR) is 196 cm³/mol. The number of phenolic OH excluding ortho intramolecular Hbond substituents is 1. The van der Waals surface area contributed by atoms with Crippen LogP contribution in [0.4, 0.5) is 30.7 Å². The van der Waals surface area contributed by atoms with Crippen LogP contribution < -0.4 is 10.9 Å². The molecule has 1 unspecified atom stereocenters. The van der Waals surface area contributed by atoms with E-state index >= 15 is 8.78 Å². The summed E-state index contributed by atoms with van der Waals surface area (Å²) in [5.74, 6) is -7.14. The molecule has 0 saturated carbocycles. The van der Waals surface area contributed by atoms with Gasteiger partial charge in [0.15, 0.2) is 0 Å². The highest BCUT2D eigenvalue weighted by molar-refractivity contribution is 5.85. The van der Waals surface area contributed by atoms with E-state index in [-0.39, 0.29) is 54.7 Å². The van der Waals surface area contributed by atoms with Crippen LogP contribution in [0.2, 0.25) is 0 Å². The van der Waals surface area contributed by atoms with E-state index < -0.39 is 102 Å². The van der Waals surface area contributed by atoms with E-state index in [4.69, 9.17) is 4.74 Å². The number of carbonyl (C=O) groups excluding carboxylic acids is 2. The lowest BCUT2D eigenvalue weighted by atomic mass is 9.92. The first-order chi connectivity index (χ1) is 26.8. The Labute approximate surface area is 323 Å². The average Bonchev–Trinajstić information content (AvgIpc) is 3.13. The van der Waals surface area contributed by atoms with Crippen LogP contribution in [0.5, 0.6) is 5.75 Å². The number of rotatable bonds is 13. The second-order valence-electron chi connectivity index (χ2n) is 14.1. The Hall–Kier alpha value is -5.22. The van der Waals surface area contributed by atoms with Gasteiger partial charge in [-0.25, -0.2) is 17.6 Å². The molecule has 0 aliphatic carbocycles. The Kier molecular flexibility index (Phi) is 13.2. The topological polar surface area (TPSA) is 121 Å². The zero-order chi connectivity index (χ0) is 41.8. The molecule has 1 aromatic heterocycles. The lowest BCUT2D eigenvalue weighted by Crippen LogP contribution is -2.42. The number of likely N-dealkylation sites (tertiary alicyclic amines) is 1. The first-order valence-electron chi connectivity index (χ1n) is 18.2. The molecule has 16 heteroatoms. The molecule has 9 nitrogen and oxygen atoms in total. The highest BCUT2D eigenvalue weighted by Crippen LogP contribution is 2.38. The molecular formula is C41H42F7N3O6. The zero-order valence-corrected chi connectivity index (χ0v) is 31.4. The standard InChI is InChI=1S/C41H42F7N3O6/c1-4-57-35(55)20-32(29-18-27(16-24(3)37(29)43)36-23(2)6-5-7-33(36)53)49-39(56)38(28-17-25(22-52)8-9-31(28)42)51-21-26(30(19-34(51)54)41(46,47)48)10-13-50-14-11-40(44,45)12-15-50/h5-9,16-19,21,32,38,52-53H,4,10-15,20,22H2,1-3H3,(H,49,56)/t32-,38?/m0/s1. The van der Waals surface area contributed by atoms with E-state index in [1.165, 1.54) is 38.1 Å².